The third-order valence-electron chi connectivity index (χ3n) is 7.24. The Morgan fingerprint density at radius 2 is 1.74 bits per heavy atom. The van der Waals surface area contributed by atoms with Gasteiger partial charge >= 0.3 is 5.97 Å². The zero-order chi connectivity index (χ0) is 23.6. The molecule has 0 unspecified atom stereocenters. The summed E-state index contributed by atoms with van der Waals surface area (Å²) >= 11 is 6.07. The highest BCUT2D eigenvalue weighted by Crippen LogP contribution is 2.67. The van der Waals surface area contributed by atoms with E-state index in [0.29, 0.717) is 35.8 Å². The van der Waals surface area contributed by atoms with Gasteiger partial charge in [0.2, 0.25) is 11.8 Å². The van der Waals surface area contributed by atoms with E-state index in [0.717, 1.165) is 23.2 Å². The zero-order valence-electron chi connectivity index (χ0n) is 18.2. The van der Waals surface area contributed by atoms with E-state index in [1.807, 2.05) is 48.5 Å². The molecule has 2 atom stereocenters. The fourth-order valence-electron chi connectivity index (χ4n) is 5.55. The lowest BCUT2D eigenvalue weighted by atomic mass is 9.92. The number of anilines is 3. The summed E-state index contributed by atoms with van der Waals surface area (Å²) in [6.45, 7) is 0.536. The van der Waals surface area contributed by atoms with Crippen LogP contribution in [0.4, 0.5) is 17.1 Å². The average molecular weight is 473 g/mol. The van der Waals surface area contributed by atoms with Gasteiger partial charge in [0.1, 0.15) is 0 Å². The van der Waals surface area contributed by atoms with Gasteiger partial charge < -0.3 is 10.0 Å². The maximum atomic E-state index is 14.0. The molecule has 6 rings (SSSR count). The van der Waals surface area contributed by atoms with Crippen molar-refractivity contribution in [3.63, 3.8) is 0 Å². The van der Waals surface area contributed by atoms with Crippen LogP contribution >= 0.6 is 11.6 Å². The summed E-state index contributed by atoms with van der Waals surface area (Å²) in [5.74, 6) is -1.20. The molecule has 0 bridgehead atoms. The lowest BCUT2D eigenvalue weighted by molar-refractivity contribution is -0.119. The van der Waals surface area contributed by atoms with E-state index in [-0.39, 0.29) is 23.3 Å². The number of halogens is 1. The maximum Gasteiger partial charge on any atom is 0.335 e. The van der Waals surface area contributed by atoms with E-state index in [4.69, 9.17) is 11.6 Å². The second kappa shape index (κ2) is 7.43. The number of fused-ring (bicyclic) bond motifs is 2. The molecular formula is C27H21ClN2O4. The van der Waals surface area contributed by atoms with E-state index < -0.39 is 11.4 Å². The van der Waals surface area contributed by atoms with Gasteiger partial charge in [0.15, 0.2) is 0 Å². The predicted molar refractivity (Wildman–Crippen MR) is 129 cm³/mol. The third-order valence-corrected chi connectivity index (χ3v) is 7.49. The van der Waals surface area contributed by atoms with Crippen molar-refractivity contribution in [3.05, 3.63) is 88.4 Å². The van der Waals surface area contributed by atoms with Crippen LogP contribution < -0.4 is 9.80 Å². The number of amides is 2. The van der Waals surface area contributed by atoms with Crippen LogP contribution in [-0.4, -0.2) is 29.4 Å². The largest absolute Gasteiger partial charge is 0.478 e. The molecule has 2 amide bonds. The molecule has 1 saturated carbocycles. The molecule has 2 heterocycles. The second-order valence-electron chi connectivity index (χ2n) is 9.13. The van der Waals surface area contributed by atoms with Crippen LogP contribution in [-0.2, 0) is 15.0 Å². The van der Waals surface area contributed by atoms with E-state index in [2.05, 4.69) is 0 Å². The van der Waals surface area contributed by atoms with Gasteiger partial charge in [-0.3, -0.25) is 14.5 Å². The summed E-state index contributed by atoms with van der Waals surface area (Å²) in [5.41, 5.74) is 3.08. The second-order valence-corrected chi connectivity index (χ2v) is 9.57. The molecule has 0 radical (unpaired) electrons. The fraction of sp³-hybridized carbons (Fsp3) is 0.222. The van der Waals surface area contributed by atoms with Crippen LogP contribution in [0, 0.1) is 0 Å². The first-order valence-electron chi connectivity index (χ1n) is 11.3. The molecule has 3 aliphatic rings. The average Bonchev–Trinajstić information content (AvgIpc) is 3.36. The molecule has 1 spiro atoms. The molecule has 1 saturated heterocycles. The minimum absolute atomic E-state index is 0.0192. The molecule has 34 heavy (non-hydrogen) atoms. The van der Waals surface area contributed by atoms with Gasteiger partial charge in [-0.15, -0.1) is 0 Å². The number of hydrogen-bond donors (Lipinski definition) is 1. The number of carbonyl (C=O) groups is 3. The normalized spacial score (nSPS) is 23.0. The van der Waals surface area contributed by atoms with Gasteiger partial charge in [-0.1, -0.05) is 41.9 Å². The van der Waals surface area contributed by atoms with Crippen molar-refractivity contribution in [2.24, 2.45) is 0 Å². The first kappa shape index (κ1) is 20.9. The highest BCUT2D eigenvalue weighted by Gasteiger charge is 2.67. The van der Waals surface area contributed by atoms with Crippen LogP contribution in [0.1, 0.15) is 46.7 Å². The van der Waals surface area contributed by atoms with Crippen molar-refractivity contribution in [2.75, 3.05) is 16.3 Å². The lowest BCUT2D eigenvalue weighted by Crippen LogP contribution is -2.30. The Morgan fingerprint density at radius 1 is 1.00 bits per heavy atom. The zero-order valence-corrected chi connectivity index (χ0v) is 19.0. The third kappa shape index (κ3) is 2.98. The summed E-state index contributed by atoms with van der Waals surface area (Å²) in [7, 11) is 0. The Balaban J connectivity index is 1.47. The minimum atomic E-state index is -1.10. The summed E-state index contributed by atoms with van der Waals surface area (Å²) in [5, 5.41) is 10.4. The molecule has 3 aromatic rings. The van der Waals surface area contributed by atoms with Crippen LogP contribution in [0.15, 0.2) is 66.7 Å². The highest BCUT2D eigenvalue weighted by molar-refractivity contribution is 6.30. The number of nitrogens with zero attached hydrogens (tertiary/aromatic N) is 2. The Labute approximate surface area is 201 Å². The van der Waals surface area contributed by atoms with Crippen molar-refractivity contribution < 1.29 is 19.5 Å². The fourth-order valence-corrected chi connectivity index (χ4v) is 5.67. The number of para-hydroxylation sites is 1. The number of benzene rings is 3. The molecule has 2 fully saturated rings. The molecule has 7 heteroatoms. The Kier molecular flexibility index (Phi) is 4.58. The van der Waals surface area contributed by atoms with E-state index in [9.17, 15) is 19.5 Å². The SMILES string of the molecule is O=C(O)c1cc(N2CCCC2=O)cc(N2C(=O)[C@]3(C[C@H]3c3ccc(Cl)cc3)c3ccccc32)c1. The first-order valence-corrected chi connectivity index (χ1v) is 11.7. The van der Waals surface area contributed by atoms with Crippen LogP contribution in [0.25, 0.3) is 0 Å². The van der Waals surface area contributed by atoms with E-state index in [1.165, 1.54) is 12.1 Å². The van der Waals surface area contributed by atoms with Gasteiger partial charge in [-0.25, -0.2) is 4.79 Å². The maximum absolute atomic E-state index is 14.0. The molecule has 1 aliphatic carbocycles. The number of carbonyl (C=O) groups excluding carboxylic acids is 2. The molecule has 3 aromatic carbocycles. The van der Waals surface area contributed by atoms with Crippen molar-refractivity contribution in [1.29, 1.82) is 0 Å². The van der Waals surface area contributed by atoms with Gasteiger partial charge in [0.05, 0.1) is 22.4 Å². The molecule has 6 nitrogen and oxygen atoms in total. The smallest absolute Gasteiger partial charge is 0.335 e. The van der Waals surface area contributed by atoms with E-state index in [1.54, 1.807) is 15.9 Å². The molecule has 1 N–H and O–H groups in total. The monoisotopic (exact) mass is 472 g/mol. The number of rotatable bonds is 4. The van der Waals surface area contributed by atoms with Crippen LogP contribution in [0.3, 0.4) is 0 Å². The topological polar surface area (TPSA) is 77.9 Å². The number of carboxylic acid groups (broad SMARTS) is 1. The highest BCUT2D eigenvalue weighted by atomic mass is 35.5. The Hall–Kier alpha value is -3.64. The van der Waals surface area contributed by atoms with Gasteiger partial charge in [-0.2, -0.15) is 0 Å². The Morgan fingerprint density at radius 3 is 2.44 bits per heavy atom. The van der Waals surface area contributed by atoms with Crippen molar-refractivity contribution in [2.45, 2.75) is 30.6 Å². The summed E-state index contributed by atoms with van der Waals surface area (Å²) < 4.78 is 0. The van der Waals surface area contributed by atoms with Gasteiger partial charge in [-0.05, 0) is 60.4 Å². The number of carboxylic acids is 1. The van der Waals surface area contributed by atoms with Crippen molar-refractivity contribution in [3.8, 4) is 0 Å². The van der Waals surface area contributed by atoms with Crippen LogP contribution in [0.5, 0.6) is 0 Å². The minimum Gasteiger partial charge on any atom is -0.478 e. The van der Waals surface area contributed by atoms with Gasteiger partial charge in [0.25, 0.3) is 0 Å². The number of aromatic carboxylic acids is 1. The standard InChI is InChI=1S/C27H21ClN2O4/c28-18-9-7-16(8-10-18)22-15-27(22)21-4-1-2-5-23(21)30(26(27)34)20-13-17(25(32)33)12-19(14-20)29-11-3-6-24(29)31/h1-2,4-5,7-10,12-14,22H,3,6,11,15H2,(H,32,33)/t22-,27+/m0/s1. The molecule has 0 aromatic heterocycles. The van der Waals surface area contributed by atoms with Crippen molar-refractivity contribution in [1.82, 2.24) is 0 Å². The quantitative estimate of drug-likeness (QED) is 0.561. The molecule has 2 aliphatic heterocycles. The van der Waals surface area contributed by atoms with E-state index >= 15 is 0 Å². The van der Waals surface area contributed by atoms with Crippen LogP contribution in [0.2, 0.25) is 5.02 Å². The predicted octanol–water partition coefficient (Wildman–Crippen LogP) is 5.27. The summed E-state index contributed by atoms with van der Waals surface area (Å²) in [4.78, 5) is 41.6. The summed E-state index contributed by atoms with van der Waals surface area (Å²) in [6, 6.07) is 20.0. The first-order chi connectivity index (χ1) is 16.4. The Bertz CT molecular complexity index is 1370. The molecular weight excluding hydrogens is 452 g/mol. The van der Waals surface area contributed by atoms with Gasteiger partial charge in [0, 0.05) is 29.6 Å². The molecule has 170 valence electrons. The number of hydrogen-bond acceptors (Lipinski definition) is 3. The summed E-state index contributed by atoms with van der Waals surface area (Å²) in [6.07, 6.45) is 1.84. The van der Waals surface area contributed by atoms with Crippen molar-refractivity contribution >= 4 is 46.4 Å². The lowest BCUT2D eigenvalue weighted by Gasteiger charge is -2.23.